The fraction of sp³-hybridized carbons (Fsp3) is 0.222. The number of nitrogens with one attached hydrogen (secondary N) is 1. The van der Waals surface area contributed by atoms with Crippen molar-refractivity contribution in [3.8, 4) is 0 Å². The van der Waals surface area contributed by atoms with Gasteiger partial charge in [0.05, 0.1) is 17.7 Å². The van der Waals surface area contributed by atoms with Gasteiger partial charge in [0.15, 0.2) is 11.7 Å². The van der Waals surface area contributed by atoms with Gasteiger partial charge in [-0.1, -0.05) is 0 Å². The minimum absolute atomic E-state index is 0.394. The molecule has 0 saturated heterocycles. The standard InChI is InChI=1S/C9H7NO4S/c1-14-9(13)5-6(11)7-4(2-3-15-7)10-8(5)12/h2-3,5H,1H3,(H,10,12). The fourth-order valence-corrected chi connectivity index (χ4v) is 2.21. The maximum atomic E-state index is 11.7. The molecular weight excluding hydrogens is 218 g/mol. The van der Waals surface area contributed by atoms with Crippen molar-refractivity contribution in [3.63, 3.8) is 0 Å². The van der Waals surface area contributed by atoms with Crippen LogP contribution in [0.25, 0.3) is 0 Å². The Labute approximate surface area is 89.0 Å². The zero-order valence-corrected chi connectivity index (χ0v) is 8.59. The number of ether oxygens (including phenoxy) is 1. The Bertz CT molecular complexity index is 451. The van der Waals surface area contributed by atoms with Gasteiger partial charge < -0.3 is 10.1 Å². The van der Waals surface area contributed by atoms with Gasteiger partial charge in [0, 0.05) is 0 Å². The van der Waals surface area contributed by atoms with Crippen LogP contribution in [-0.2, 0) is 14.3 Å². The molecule has 1 aromatic heterocycles. The molecule has 6 heteroatoms. The van der Waals surface area contributed by atoms with Crippen LogP contribution in [0.1, 0.15) is 9.67 Å². The van der Waals surface area contributed by atoms with Crippen molar-refractivity contribution in [1.82, 2.24) is 0 Å². The largest absolute Gasteiger partial charge is 0.468 e. The number of carbonyl (C=O) groups excluding carboxylic acids is 3. The van der Waals surface area contributed by atoms with Crippen LogP contribution in [0.4, 0.5) is 5.69 Å². The van der Waals surface area contributed by atoms with E-state index in [9.17, 15) is 14.4 Å². The Kier molecular flexibility index (Phi) is 2.28. The molecule has 0 aromatic carbocycles. The molecule has 1 atom stereocenters. The molecule has 1 N–H and O–H groups in total. The minimum atomic E-state index is -1.36. The third kappa shape index (κ3) is 1.42. The molecule has 1 aliphatic rings. The Hall–Kier alpha value is -1.69. The first kappa shape index (κ1) is 9.85. The van der Waals surface area contributed by atoms with Crippen molar-refractivity contribution in [2.45, 2.75) is 0 Å². The van der Waals surface area contributed by atoms with Crippen LogP contribution in [0, 0.1) is 5.92 Å². The van der Waals surface area contributed by atoms with Crippen molar-refractivity contribution in [1.29, 1.82) is 0 Å². The van der Waals surface area contributed by atoms with E-state index in [1.54, 1.807) is 11.4 Å². The second-order valence-corrected chi connectivity index (χ2v) is 3.89. The molecule has 78 valence electrons. The molecular formula is C9H7NO4S. The summed E-state index contributed by atoms with van der Waals surface area (Å²) in [7, 11) is 1.15. The van der Waals surface area contributed by atoms with Gasteiger partial charge >= 0.3 is 5.97 Å². The lowest BCUT2D eigenvalue weighted by Crippen LogP contribution is -2.40. The van der Waals surface area contributed by atoms with E-state index in [2.05, 4.69) is 10.1 Å². The number of esters is 1. The molecule has 0 aliphatic carbocycles. The Morgan fingerprint density at radius 1 is 1.53 bits per heavy atom. The van der Waals surface area contributed by atoms with Crippen LogP contribution in [0.3, 0.4) is 0 Å². The van der Waals surface area contributed by atoms with Gasteiger partial charge in [0.25, 0.3) is 0 Å². The van der Waals surface area contributed by atoms with E-state index in [1.165, 1.54) is 11.3 Å². The maximum Gasteiger partial charge on any atom is 0.326 e. The monoisotopic (exact) mass is 225 g/mol. The number of fused-ring (bicyclic) bond motifs is 1. The Balaban J connectivity index is 2.42. The zero-order valence-electron chi connectivity index (χ0n) is 7.77. The molecule has 2 rings (SSSR count). The van der Waals surface area contributed by atoms with Gasteiger partial charge in [0.2, 0.25) is 5.91 Å². The molecule has 0 radical (unpaired) electrons. The summed E-state index contributed by atoms with van der Waals surface area (Å²) in [4.78, 5) is 34.8. The SMILES string of the molecule is COC(=O)C1C(=O)Nc2ccsc2C1=O. The maximum absolute atomic E-state index is 11.7. The number of methoxy groups -OCH3 is 1. The highest BCUT2D eigenvalue weighted by Gasteiger charge is 2.41. The average Bonchev–Trinajstić information content (AvgIpc) is 2.65. The van der Waals surface area contributed by atoms with Gasteiger partial charge in [0.1, 0.15) is 0 Å². The highest BCUT2D eigenvalue weighted by atomic mass is 32.1. The van der Waals surface area contributed by atoms with Crippen molar-refractivity contribution in [3.05, 3.63) is 16.3 Å². The molecule has 0 saturated carbocycles. The number of ketones is 1. The lowest BCUT2D eigenvalue weighted by atomic mass is 9.98. The quantitative estimate of drug-likeness (QED) is 0.563. The number of hydrogen-bond acceptors (Lipinski definition) is 5. The summed E-state index contributed by atoms with van der Waals surface area (Å²) in [6, 6.07) is 1.63. The van der Waals surface area contributed by atoms with E-state index in [0.29, 0.717) is 10.6 Å². The predicted octanol–water partition coefficient (Wildman–Crippen LogP) is 0.672. The first-order valence-electron chi connectivity index (χ1n) is 4.15. The Morgan fingerprint density at radius 2 is 2.27 bits per heavy atom. The predicted molar refractivity (Wildman–Crippen MR) is 52.8 cm³/mol. The van der Waals surface area contributed by atoms with Gasteiger partial charge in [-0.2, -0.15) is 0 Å². The number of anilines is 1. The summed E-state index contributed by atoms with van der Waals surface area (Å²) in [6.45, 7) is 0. The highest BCUT2D eigenvalue weighted by molar-refractivity contribution is 7.13. The lowest BCUT2D eigenvalue weighted by molar-refractivity contribution is -0.146. The number of thiophene rings is 1. The van der Waals surface area contributed by atoms with Crippen LogP contribution in [0.5, 0.6) is 0 Å². The summed E-state index contributed by atoms with van der Waals surface area (Å²) in [5.41, 5.74) is 0.468. The summed E-state index contributed by atoms with van der Waals surface area (Å²) < 4.78 is 4.41. The smallest absolute Gasteiger partial charge is 0.326 e. The van der Waals surface area contributed by atoms with Crippen molar-refractivity contribution < 1.29 is 19.1 Å². The van der Waals surface area contributed by atoms with E-state index in [-0.39, 0.29) is 0 Å². The van der Waals surface area contributed by atoms with Crippen molar-refractivity contribution in [2.24, 2.45) is 5.92 Å². The van der Waals surface area contributed by atoms with E-state index in [4.69, 9.17) is 0 Å². The van der Waals surface area contributed by atoms with E-state index in [0.717, 1.165) is 7.11 Å². The molecule has 1 amide bonds. The fourth-order valence-electron chi connectivity index (χ4n) is 1.39. The average molecular weight is 225 g/mol. The van der Waals surface area contributed by atoms with Gasteiger partial charge in [-0.3, -0.25) is 14.4 Å². The van der Waals surface area contributed by atoms with Gasteiger partial charge in [-0.25, -0.2) is 0 Å². The van der Waals surface area contributed by atoms with Crippen molar-refractivity contribution in [2.75, 3.05) is 12.4 Å². The van der Waals surface area contributed by atoms with Crippen LogP contribution in [-0.4, -0.2) is 24.8 Å². The molecule has 1 aromatic rings. The van der Waals surface area contributed by atoms with Crippen LogP contribution < -0.4 is 5.32 Å². The van der Waals surface area contributed by atoms with Crippen LogP contribution in [0.15, 0.2) is 11.4 Å². The second kappa shape index (κ2) is 3.47. The van der Waals surface area contributed by atoms with Crippen LogP contribution in [0.2, 0.25) is 0 Å². The van der Waals surface area contributed by atoms with Gasteiger partial charge in [-0.15, -0.1) is 11.3 Å². The molecule has 0 fully saturated rings. The number of rotatable bonds is 1. The molecule has 2 heterocycles. The molecule has 15 heavy (non-hydrogen) atoms. The molecule has 0 spiro atoms. The summed E-state index contributed by atoms with van der Waals surface area (Å²) in [6.07, 6.45) is 0. The highest BCUT2D eigenvalue weighted by Crippen LogP contribution is 2.30. The number of hydrogen-bond donors (Lipinski definition) is 1. The summed E-state index contributed by atoms with van der Waals surface area (Å²) in [5, 5.41) is 4.17. The van der Waals surface area contributed by atoms with Gasteiger partial charge in [-0.05, 0) is 11.4 Å². The number of carbonyl (C=O) groups is 3. The van der Waals surface area contributed by atoms with Crippen LogP contribution >= 0.6 is 11.3 Å². The Morgan fingerprint density at radius 3 is 2.93 bits per heavy atom. The topological polar surface area (TPSA) is 72.5 Å². The normalized spacial score (nSPS) is 19.4. The third-order valence-electron chi connectivity index (χ3n) is 2.11. The molecule has 5 nitrogen and oxygen atoms in total. The van der Waals surface area contributed by atoms with E-state index < -0.39 is 23.6 Å². The minimum Gasteiger partial charge on any atom is -0.468 e. The summed E-state index contributed by atoms with van der Waals surface area (Å²) in [5.74, 6) is -3.30. The molecule has 0 bridgehead atoms. The van der Waals surface area contributed by atoms with Crippen molar-refractivity contribution >= 4 is 34.7 Å². The number of amides is 1. The van der Waals surface area contributed by atoms with E-state index >= 15 is 0 Å². The lowest BCUT2D eigenvalue weighted by Gasteiger charge is -2.18. The first-order chi connectivity index (χ1) is 7.15. The zero-order chi connectivity index (χ0) is 11.0. The second-order valence-electron chi connectivity index (χ2n) is 2.97. The summed E-state index contributed by atoms with van der Waals surface area (Å²) >= 11 is 1.20. The third-order valence-corrected chi connectivity index (χ3v) is 3.04. The number of Topliss-reactive ketones (excluding diaryl/α,β-unsaturated/α-hetero) is 1. The molecule has 1 unspecified atom stereocenters. The van der Waals surface area contributed by atoms with E-state index in [1.807, 2.05) is 0 Å². The first-order valence-corrected chi connectivity index (χ1v) is 5.03. The molecule has 1 aliphatic heterocycles.